The van der Waals surface area contributed by atoms with Crippen LogP contribution in [0.15, 0.2) is 12.1 Å². The van der Waals surface area contributed by atoms with Crippen LogP contribution in [-0.4, -0.2) is 44.1 Å². The van der Waals surface area contributed by atoms with Gasteiger partial charge in [0, 0.05) is 32.6 Å². The van der Waals surface area contributed by atoms with Gasteiger partial charge in [-0.1, -0.05) is 0 Å². The Balaban J connectivity index is 1.98. The van der Waals surface area contributed by atoms with E-state index in [1.165, 1.54) is 16.7 Å². The molecule has 1 saturated heterocycles. The minimum absolute atomic E-state index is 0.265. The summed E-state index contributed by atoms with van der Waals surface area (Å²) in [7, 11) is 1.68. The van der Waals surface area contributed by atoms with Gasteiger partial charge in [0.1, 0.15) is 5.75 Å². The number of nitrogens with one attached hydrogen (secondary N) is 1. The molecule has 0 saturated carbocycles. The van der Waals surface area contributed by atoms with E-state index in [0.717, 1.165) is 38.3 Å². The minimum Gasteiger partial charge on any atom is -0.497 e. The number of piperazine rings is 1. The standard InChI is InChI=1S/C16H24N2O2/c1-12-10-14(20-3)11-13(2)15(12)4-5-16(19)18-8-6-17-7-9-18/h10-11,17H,4-9H2,1-3H3. The lowest BCUT2D eigenvalue weighted by molar-refractivity contribution is -0.131. The molecule has 1 heterocycles. The monoisotopic (exact) mass is 276 g/mol. The van der Waals surface area contributed by atoms with Crippen molar-refractivity contribution in [3.63, 3.8) is 0 Å². The first kappa shape index (κ1) is 14.9. The summed E-state index contributed by atoms with van der Waals surface area (Å²) in [6.07, 6.45) is 1.40. The summed E-state index contributed by atoms with van der Waals surface area (Å²) in [5.41, 5.74) is 3.68. The number of ether oxygens (including phenoxy) is 1. The molecule has 20 heavy (non-hydrogen) atoms. The first-order valence-electron chi connectivity index (χ1n) is 7.24. The number of hydrogen-bond donors (Lipinski definition) is 1. The van der Waals surface area contributed by atoms with Crippen molar-refractivity contribution in [2.24, 2.45) is 0 Å². The van der Waals surface area contributed by atoms with E-state index >= 15 is 0 Å². The topological polar surface area (TPSA) is 41.6 Å². The molecule has 1 aliphatic rings. The van der Waals surface area contributed by atoms with E-state index < -0.39 is 0 Å². The van der Waals surface area contributed by atoms with Gasteiger partial charge in [0.15, 0.2) is 0 Å². The average molecular weight is 276 g/mol. The fourth-order valence-electron chi connectivity index (χ4n) is 2.77. The lowest BCUT2D eigenvalue weighted by Gasteiger charge is -2.27. The molecule has 1 aromatic rings. The Hall–Kier alpha value is -1.55. The molecule has 0 bridgehead atoms. The van der Waals surface area contributed by atoms with Gasteiger partial charge < -0.3 is 15.0 Å². The van der Waals surface area contributed by atoms with Crippen molar-refractivity contribution < 1.29 is 9.53 Å². The Labute approximate surface area is 121 Å². The van der Waals surface area contributed by atoms with Crippen molar-refractivity contribution in [2.45, 2.75) is 26.7 Å². The van der Waals surface area contributed by atoms with Crippen LogP contribution in [0, 0.1) is 13.8 Å². The molecule has 1 N–H and O–H groups in total. The Morgan fingerprint density at radius 3 is 2.40 bits per heavy atom. The first-order chi connectivity index (χ1) is 9.61. The third-order valence-electron chi connectivity index (χ3n) is 3.96. The van der Waals surface area contributed by atoms with Gasteiger partial charge in [-0.15, -0.1) is 0 Å². The Kier molecular flexibility index (Phi) is 5.01. The zero-order valence-electron chi connectivity index (χ0n) is 12.7. The fourth-order valence-corrected chi connectivity index (χ4v) is 2.77. The number of aryl methyl sites for hydroxylation is 2. The molecule has 1 fully saturated rings. The summed E-state index contributed by atoms with van der Waals surface area (Å²) in [4.78, 5) is 14.2. The van der Waals surface area contributed by atoms with Gasteiger partial charge in [-0.05, 0) is 49.1 Å². The van der Waals surface area contributed by atoms with Gasteiger partial charge >= 0.3 is 0 Å². The van der Waals surface area contributed by atoms with Crippen molar-refractivity contribution in [3.05, 3.63) is 28.8 Å². The van der Waals surface area contributed by atoms with Gasteiger partial charge in [-0.25, -0.2) is 0 Å². The zero-order valence-corrected chi connectivity index (χ0v) is 12.7. The van der Waals surface area contributed by atoms with Crippen molar-refractivity contribution in [1.82, 2.24) is 10.2 Å². The normalized spacial score (nSPS) is 15.2. The smallest absolute Gasteiger partial charge is 0.222 e. The number of amides is 1. The molecule has 1 aromatic carbocycles. The van der Waals surface area contributed by atoms with Gasteiger partial charge in [-0.2, -0.15) is 0 Å². The van der Waals surface area contributed by atoms with E-state index in [4.69, 9.17) is 4.74 Å². The number of carbonyl (C=O) groups excluding carboxylic acids is 1. The Bertz CT molecular complexity index is 456. The minimum atomic E-state index is 0.265. The molecule has 2 rings (SSSR count). The van der Waals surface area contributed by atoms with Crippen LogP contribution in [0.2, 0.25) is 0 Å². The maximum Gasteiger partial charge on any atom is 0.222 e. The van der Waals surface area contributed by atoms with Crippen molar-refractivity contribution >= 4 is 5.91 Å². The van der Waals surface area contributed by atoms with E-state index in [1.807, 2.05) is 17.0 Å². The van der Waals surface area contributed by atoms with Crippen LogP contribution in [0.1, 0.15) is 23.1 Å². The molecule has 0 aliphatic carbocycles. The highest BCUT2D eigenvalue weighted by Crippen LogP contribution is 2.23. The highest BCUT2D eigenvalue weighted by atomic mass is 16.5. The predicted octanol–water partition coefficient (Wildman–Crippen LogP) is 1.68. The van der Waals surface area contributed by atoms with Crippen LogP contribution in [0.3, 0.4) is 0 Å². The highest BCUT2D eigenvalue weighted by Gasteiger charge is 2.16. The number of benzene rings is 1. The molecule has 110 valence electrons. The molecule has 0 atom stereocenters. The number of rotatable bonds is 4. The van der Waals surface area contributed by atoms with Gasteiger partial charge in [0.25, 0.3) is 0 Å². The quantitative estimate of drug-likeness (QED) is 0.909. The van der Waals surface area contributed by atoms with E-state index in [2.05, 4.69) is 19.2 Å². The molecule has 1 amide bonds. The second kappa shape index (κ2) is 6.75. The van der Waals surface area contributed by atoms with Crippen LogP contribution in [0.4, 0.5) is 0 Å². The lowest BCUT2D eigenvalue weighted by Crippen LogP contribution is -2.46. The SMILES string of the molecule is COc1cc(C)c(CCC(=O)N2CCNCC2)c(C)c1. The van der Waals surface area contributed by atoms with Crippen molar-refractivity contribution in [2.75, 3.05) is 33.3 Å². The zero-order chi connectivity index (χ0) is 14.5. The van der Waals surface area contributed by atoms with Gasteiger partial charge in [0.2, 0.25) is 5.91 Å². The second-order valence-corrected chi connectivity index (χ2v) is 5.37. The third-order valence-corrected chi connectivity index (χ3v) is 3.96. The Morgan fingerprint density at radius 2 is 1.85 bits per heavy atom. The number of nitrogens with zero attached hydrogens (tertiary/aromatic N) is 1. The summed E-state index contributed by atoms with van der Waals surface area (Å²) in [5.74, 6) is 1.15. The second-order valence-electron chi connectivity index (χ2n) is 5.37. The van der Waals surface area contributed by atoms with Crippen molar-refractivity contribution in [1.29, 1.82) is 0 Å². The average Bonchev–Trinajstić information content (AvgIpc) is 2.46. The van der Waals surface area contributed by atoms with Gasteiger partial charge in [0.05, 0.1) is 7.11 Å². The molecule has 4 heteroatoms. The number of carbonyl (C=O) groups is 1. The highest BCUT2D eigenvalue weighted by molar-refractivity contribution is 5.76. The van der Waals surface area contributed by atoms with Crippen LogP contribution >= 0.6 is 0 Å². The third kappa shape index (κ3) is 3.51. The molecular formula is C16H24N2O2. The Morgan fingerprint density at radius 1 is 1.25 bits per heavy atom. The summed E-state index contributed by atoms with van der Waals surface area (Å²) >= 11 is 0. The summed E-state index contributed by atoms with van der Waals surface area (Å²) < 4.78 is 5.27. The lowest BCUT2D eigenvalue weighted by atomic mass is 9.98. The van der Waals surface area contributed by atoms with Crippen LogP contribution in [0.5, 0.6) is 5.75 Å². The van der Waals surface area contributed by atoms with E-state index in [1.54, 1.807) is 7.11 Å². The van der Waals surface area contributed by atoms with E-state index in [0.29, 0.717) is 6.42 Å². The van der Waals surface area contributed by atoms with E-state index in [9.17, 15) is 4.79 Å². The predicted molar refractivity (Wildman–Crippen MR) is 80.2 cm³/mol. The molecule has 1 aliphatic heterocycles. The van der Waals surface area contributed by atoms with E-state index in [-0.39, 0.29) is 5.91 Å². The molecule has 0 unspecified atom stereocenters. The van der Waals surface area contributed by atoms with Crippen LogP contribution in [-0.2, 0) is 11.2 Å². The van der Waals surface area contributed by atoms with Gasteiger partial charge in [-0.3, -0.25) is 4.79 Å². The number of hydrogen-bond acceptors (Lipinski definition) is 3. The summed E-state index contributed by atoms with van der Waals surface area (Å²) in [6.45, 7) is 7.65. The van der Waals surface area contributed by atoms with Crippen LogP contribution in [0.25, 0.3) is 0 Å². The van der Waals surface area contributed by atoms with Crippen LogP contribution < -0.4 is 10.1 Å². The molecule has 0 aromatic heterocycles. The van der Waals surface area contributed by atoms with Crippen molar-refractivity contribution in [3.8, 4) is 5.75 Å². The largest absolute Gasteiger partial charge is 0.497 e. The first-order valence-corrected chi connectivity index (χ1v) is 7.24. The fraction of sp³-hybridized carbons (Fsp3) is 0.562. The number of methoxy groups -OCH3 is 1. The molecular weight excluding hydrogens is 252 g/mol. The summed E-state index contributed by atoms with van der Waals surface area (Å²) in [6, 6.07) is 4.08. The summed E-state index contributed by atoms with van der Waals surface area (Å²) in [5, 5.41) is 3.27. The maximum absolute atomic E-state index is 12.2. The molecule has 4 nitrogen and oxygen atoms in total. The molecule has 0 radical (unpaired) electrons. The molecule has 0 spiro atoms. The maximum atomic E-state index is 12.2.